The first kappa shape index (κ1) is 29.5. The number of likely N-dealkylation sites (tertiary alicyclic amines) is 1. The highest BCUT2D eigenvalue weighted by molar-refractivity contribution is 5.79. The van der Waals surface area contributed by atoms with E-state index in [9.17, 15) is 14.4 Å². The summed E-state index contributed by atoms with van der Waals surface area (Å²) in [5, 5.41) is 0. The number of nitrogens with zero attached hydrogens (tertiary/aromatic N) is 3. The average molecular weight is 543 g/mol. The number of benzene rings is 1. The number of carbonyl (C=O) groups excluding carboxylic acids is 3. The van der Waals surface area contributed by atoms with Crippen molar-refractivity contribution in [1.29, 1.82) is 0 Å². The number of esters is 1. The van der Waals surface area contributed by atoms with Gasteiger partial charge in [0.1, 0.15) is 12.2 Å². The van der Waals surface area contributed by atoms with E-state index in [1.165, 1.54) is 0 Å². The summed E-state index contributed by atoms with van der Waals surface area (Å²) in [6.07, 6.45) is 7.06. The molecule has 3 aliphatic rings. The summed E-state index contributed by atoms with van der Waals surface area (Å²) in [5.74, 6) is -1.85. The predicted octanol–water partition coefficient (Wildman–Crippen LogP) is 4.11. The summed E-state index contributed by atoms with van der Waals surface area (Å²) >= 11 is 0. The fourth-order valence-corrected chi connectivity index (χ4v) is 5.76. The Balaban J connectivity index is 1.53. The van der Waals surface area contributed by atoms with Gasteiger partial charge < -0.3 is 19.1 Å². The van der Waals surface area contributed by atoms with E-state index in [1.807, 2.05) is 51.1 Å². The van der Waals surface area contributed by atoms with Gasteiger partial charge in [-0.2, -0.15) is 0 Å². The molecule has 9 nitrogen and oxygen atoms in total. The van der Waals surface area contributed by atoms with Crippen LogP contribution in [0.15, 0.2) is 30.3 Å². The van der Waals surface area contributed by atoms with E-state index < -0.39 is 17.4 Å². The zero-order valence-electron chi connectivity index (χ0n) is 23.7. The lowest BCUT2D eigenvalue weighted by Gasteiger charge is -2.49. The second kappa shape index (κ2) is 13.2. The first-order chi connectivity index (χ1) is 18.7. The number of ether oxygens (including phenoxy) is 3. The summed E-state index contributed by atoms with van der Waals surface area (Å²) in [4.78, 5) is 44.3. The van der Waals surface area contributed by atoms with Crippen molar-refractivity contribution in [3.63, 3.8) is 0 Å². The molecule has 1 atom stereocenters. The van der Waals surface area contributed by atoms with Gasteiger partial charge in [-0.3, -0.25) is 14.6 Å². The van der Waals surface area contributed by atoms with Crippen LogP contribution in [0.4, 0.5) is 4.79 Å². The van der Waals surface area contributed by atoms with E-state index >= 15 is 0 Å². The molecular weight excluding hydrogens is 498 g/mol. The predicted molar refractivity (Wildman–Crippen MR) is 146 cm³/mol. The van der Waals surface area contributed by atoms with Crippen molar-refractivity contribution in [3.05, 3.63) is 35.9 Å². The lowest BCUT2D eigenvalue weighted by molar-refractivity contribution is -0.276. The summed E-state index contributed by atoms with van der Waals surface area (Å²) in [6, 6.07) is 9.64. The van der Waals surface area contributed by atoms with Gasteiger partial charge in [-0.15, -0.1) is 0 Å². The third-order valence-electron chi connectivity index (χ3n) is 7.76. The molecule has 1 aromatic rings. The molecule has 1 aromatic carbocycles. The third kappa shape index (κ3) is 7.58. The standard InChI is InChI=1S/C30H44N3O6/c1-29(2,3)39-27(35)30(32-17-7-8-18-32,38-26-14-12-24(22-34)13-15-26)33-19-9-16-31(20-21-33)28(36)37-23-25-10-5-4-6-11-25/h4-6,10-11,24,26H,7-9,12-21,23H2,1-3H3. The first-order valence-corrected chi connectivity index (χ1v) is 14.5. The fourth-order valence-electron chi connectivity index (χ4n) is 5.76. The van der Waals surface area contributed by atoms with Crippen molar-refractivity contribution < 1.29 is 28.6 Å². The van der Waals surface area contributed by atoms with Crippen LogP contribution in [0.3, 0.4) is 0 Å². The second-order valence-corrected chi connectivity index (χ2v) is 11.9. The maximum absolute atomic E-state index is 14.2. The van der Waals surface area contributed by atoms with Gasteiger partial charge in [-0.1, -0.05) is 30.3 Å². The van der Waals surface area contributed by atoms with Crippen molar-refractivity contribution in [2.45, 2.75) is 89.9 Å². The molecule has 3 fully saturated rings. The van der Waals surface area contributed by atoms with Crippen LogP contribution in [-0.2, 0) is 30.4 Å². The molecule has 1 saturated carbocycles. The monoisotopic (exact) mass is 542 g/mol. The minimum absolute atomic E-state index is 0.0683. The molecule has 1 unspecified atom stereocenters. The lowest BCUT2D eigenvalue weighted by atomic mass is 9.88. The first-order valence-electron chi connectivity index (χ1n) is 14.5. The maximum atomic E-state index is 14.2. The van der Waals surface area contributed by atoms with E-state index in [-0.39, 0.29) is 24.7 Å². The number of hydrogen-bond acceptors (Lipinski definition) is 8. The number of hydrogen-bond donors (Lipinski definition) is 0. The van der Waals surface area contributed by atoms with Crippen molar-refractivity contribution in [3.8, 4) is 0 Å². The van der Waals surface area contributed by atoms with Gasteiger partial charge in [0.2, 0.25) is 6.29 Å². The molecule has 2 saturated heterocycles. The van der Waals surface area contributed by atoms with Crippen LogP contribution in [0.2, 0.25) is 0 Å². The Morgan fingerprint density at radius 1 is 0.872 bits per heavy atom. The van der Waals surface area contributed by atoms with E-state index in [4.69, 9.17) is 14.2 Å². The highest BCUT2D eigenvalue weighted by atomic mass is 16.6. The number of amides is 1. The topological polar surface area (TPSA) is 88.6 Å². The Morgan fingerprint density at radius 2 is 1.51 bits per heavy atom. The molecule has 39 heavy (non-hydrogen) atoms. The Labute approximate surface area is 232 Å². The van der Waals surface area contributed by atoms with Gasteiger partial charge in [0.25, 0.3) is 5.85 Å². The molecule has 2 heterocycles. The van der Waals surface area contributed by atoms with Gasteiger partial charge in [-0.25, -0.2) is 9.59 Å². The minimum Gasteiger partial charge on any atom is -0.456 e. The Kier molecular flexibility index (Phi) is 10.0. The van der Waals surface area contributed by atoms with Crippen molar-refractivity contribution in [1.82, 2.24) is 14.7 Å². The van der Waals surface area contributed by atoms with Gasteiger partial charge in [0.05, 0.1) is 6.10 Å². The Bertz CT molecular complexity index is 953. The van der Waals surface area contributed by atoms with E-state index in [2.05, 4.69) is 16.1 Å². The average Bonchev–Trinajstić information content (AvgIpc) is 3.35. The molecule has 0 spiro atoms. The van der Waals surface area contributed by atoms with Gasteiger partial charge >= 0.3 is 12.1 Å². The molecule has 1 radical (unpaired) electrons. The van der Waals surface area contributed by atoms with Crippen molar-refractivity contribution >= 4 is 18.3 Å². The molecule has 0 aromatic heterocycles. The Morgan fingerprint density at radius 3 is 2.15 bits per heavy atom. The van der Waals surface area contributed by atoms with Crippen LogP contribution in [0.1, 0.15) is 71.3 Å². The van der Waals surface area contributed by atoms with Crippen LogP contribution in [-0.4, -0.2) is 89.9 Å². The SMILES string of the molecule is CC(C)(C)OC(=O)C(OC1CCC([C]=O)CC1)(N1CCCC1)N1CCCN(C(=O)OCc2ccccc2)CC1. The lowest BCUT2D eigenvalue weighted by Crippen LogP contribution is -2.69. The van der Waals surface area contributed by atoms with Gasteiger partial charge in [0, 0.05) is 45.2 Å². The molecule has 0 bridgehead atoms. The molecule has 9 heteroatoms. The van der Waals surface area contributed by atoms with E-state index in [0.29, 0.717) is 58.3 Å². The van der Waals surface area contributed by atoms with Gasteiger partial charge in [-0.05, 0) is 71.3 Å². The van der Waals surface area contributed by atoms with Crippen LogP contribution < -0.4 is 0 Å². The molecule has 2 aliphatic heterocycles. The van der Waals surface area contributed by atoms with Crippen LogP contribution in [0.25, 0.3) is 0 Å². The molecule has 1 amide bonds. The molecular formula is C30H44N3O6. The largest absolute Gasteiger partial charge is 0.456 e. The normalized spacial score (nSPS) is 24.9. The zero-order valence-corrected chi connectivity index (χ0v) is 23.7. The quantitative estimate of drug-likeness (QED) is 0.454. The van der Waals surface area contributed by atoms with Crippen molar-refractivity contribution in [2.75, 3.05) is 39.3 Å². The van der Waals surface area contributed by atoms with E-state index in [0.717, 1.165) is 31.5 Å². The molecule has 0 N–H and O–H groups in total. The summed E-state index contributed by atoms with van der Waals surface area (Å²) in [7, 11) is 0. The minimum atomic E-state index is -1.38. The molecule has 1 aliphatic carbocycles. The fraction of sp³-hybridized carbons (Fsp3) is 0.700. The highest BCUT2D eigenvalue weighted by Crippen LogP contribution is 2.36. The summed E-state index contributed by atoms with van der Waals surface area (Å²) in [6.45, 7) is 9.29. The zero-order chi connectivity index (χ0) is 27.9. The van der Waals surface area contributed by atoms with E-state index in [1.54, 1.807) is 4.90 Å². The summed E-state index contributed by atoms with van der Waals surface area (Å²) in [5.41, 5.74) is 0.255. The van der Waals surface area contributed by atoms with Crippen molar-refractivity contribution in [2.24, 2.45) is 5.92 Å². The third-order valence-corrected chi connectivity index (χ3v) is 7.76. The molecule has 215 valence electrons. The van der Waals surface area contributed by atoms with Crippen LogP contribution in [0.5, 0.6) is 0 Å². The van der Waals surface area contributed by atoms with Crippen LogP contribution >= 0.6 is 0 Å². The second-order valence-electron chi connectivity index (χ2n) is 11.9. The maximum Gasteiger partial charge on any atom is 0.410 e. The Hall–Kier alpha value is -2.49. The summed E-state index contributed by atoms with van der Waals surface area (Å²) < 4.78 is 18.5. The highest BCUT2D eigenvalue weighted by Gasteiger charge is 2.55. The number of rotatable bonds is 8. The molecule has 4 rings (SSSR count). The van der Waals surface area contributed by atoms with Crippen LogP contribution in [0, 0.1) is 5.92 Å². The smallest absolute Gasteiger partial charge is 0.410 e. The van der Waals surface area contributed by atoms with Gasteiger partial charge in [0.15, 0.2) is 0 Å². The number of carbonyl (C=O) groups is 2.